The Kier molecular flexibility index (Phi) is 5.91. The number of rotatable bonds is 5. The molecule has 0 aliphatic heterocycles. The molecule has 0 amide bonds. The number of benzene rings is 2. The van der Waals surface area contributed by atoms with Gasteiger partial charge in [-0.05, 0) is 55.0 Å². The molecule has 0 bridgehead atoms. The van der Waals surface area contributed by atoms with Crippen LogP contribution in [-0.2, 0) is 10.0 Å². The molecular weight excluding hydrogens is 504 g/mol. The van der Waals surface area contributed by atoms with E-state index in [2.05, 4.69) is 19.7 Å². The zero-order chi connectivity index (χ0) is 25.4. The van der Waals surface area contributed by atoms with E-state index < -0.39 is 26.6 Å². The van der Waals surface area contributed by atoms with Gasteiger partial charge < -0.3 is 0 Å². The lowest BCUT2D eigenvalue weighted by atomic mass is 10.1. The molecule has 3 aromatic heterocycles. The molecule has 5 rings (SSSR count). The smallest absolute Gasteiger partial charge is 0.264 e. The molecule has 178 valence electrons. The summed E-state index contributed by atoms with van der Waals surface area (Å²) in [5, 5.41) is 9.55. The van der Waals surface area contributed by atoms with E-state index >= 15 is 0 Å². The van der Waals surface area contributed by atoms with Crippen LogP contribution < -0.4 is 4.72 Å². The molecule has 0 atom stereocenters. The van der Waals surface area contributed by atoms with E-state index in [1.54, 1.807) is 43.6 Å². The number of aromatic nitrogens is 3. The first-order valence-corrected chi connectivity index (χ1v) is 12.8. The Balaban J connectivity index is 1.50. The Hall–Kier alpha value is -4.27. The standard InChI is InChI=1S/C25H15F2N5O2S2/c1-14-19(3-2-4-21(14)32-36(33,34)23-10-17(26)6-8-20(23)27)24-31-22-9-16(13-30-25(22)35-24)15-5-7-18(11-28)29-12-15/h2-10,12-13,32H,1H3. The molecule has 0 saturated carbocycles. The van der Waals surface area contributed by atoms with Crippen LogP contribution in [0.5, 0.6) is 0 Å². The number of anilines is 1. The van der Waals surface area contributed by atoms with E-state index in [-0.39, 0.29) is 5.69 Å². The maximum Gasteiger partial charge on any atom is 0.264 e. The van der Waals surface area contributed by atoms with Crippen molar-refractivity contribution in [1.82, 2.24) is 15.0 Å². The highest BCUT2D eigenvalue weighted by Crippen LogP contribution is 2.35. The number of sulfonamides is 1. The summed E-state index contributed by atoms with van der Waals surface area (Å²) in [5.74, 6) is -1.91. The van der Waals surface area contributed by atoms with Gasteiger partial charge in [-0.25, -0.2) is 32.2 Å². The topological polar surface area (TPSA) is 109 Å². The molecule has 0 aliphatic carbocycles. The van der Waals surface area contributed by atoms with E-state index in [0.29, 0.717) is 38.2 Å². The molecule has 1 N–H and O–H groups in total. The van der Waals surface area contributed by atoms with Gasteiger partial charge in [0, 0.05) is 29.1 Å². The average molecular weight is 520 g/mol. The Morgan fingerprint density at radius 3 is 2.56 bits per heavy atom. The number of fused-ring (bicyclic) bond motifs is 1. The second kappa shape index (κ2) is 9.07. The Labute approximate surface area is 208 Å². The van der Waals surface area contributed by atoms with Gasteiger partial charge in [-0.3, -0.25) is 4.72 Å². The maximum atomic E-state index is 14.1. The predicted molar refractivity (Wildman–Crippen MR) is 133 cm³/mol. The second-order valence-electron chi connectivity index (χ2n) is 7.77. The zero-order valence-electron chi connectivity index (χ0n) is 18.5. The monoisotopic (exact) mass is 519 g/mol. The molecule has 3 heterocycles. The maximum absolute atomic E-state index is 14.1. The van der Waals surface area contributed by atoms with Crippen molar-refractivity contribution < 1.29 is 17.2 Å². The highest BCUT2D eigenvalue weighted by Gasteiger charge is 2.22. The van der Waals surface area contributed by atoms with Crippen molar-refractivity contribution in [1.29, 1.82) is 5.26 Å². The fraction of sp³-hybridized carbons (Fsp3) is 0.0400. The van der Waals surface area contributed by atoms with E-state index in [4.69, 9.17) is 5.26 Å². The fourth-order valence-corrected chi connectivity index (χ4v) is 5.77. The molecule has 0 unspecified atom stereocenters. The molecule has 0 fully saturated rings. The van der Waals surface area contributed by atoms with E-state index in [0.717, 1.165) is 23.3 Å². The van der Waals surface area contributed by atoms with Crippen LogP contribution in [0.3, 0.4) is 0 Å². The summed E-state index contributed by atoms with van der Waals surface area (Å²) < 4.78 is 55.6. The van der Waals surface area contributed by atoms with Crippen LogP contribution in [0.25, 0.3) is 32.0 Å². The van der Waals surface area contributed by atoms with Crippen molar-refractivity contribution in [2.45, 2.75) is 11.8 Å². The van der Waals surface area contributed by atoms with Crippen molar-refractivity contribution in [2.75, 3.05) is 4.72 Å². The number of nitriles is 1. The molecule has 2 aromatic carbocycles. The van der Waals surface area contributed by atoms with Crippen LogP contribution >= 0.6 is 11.3 Å². The minimum atomic E-state index is -4.37. The lowest BCUT2D eigenvalue weighted by Gasteiger charge is -2.13. The Morgan fingerprint density at radius 1 is 1.00 bits per heavy atom. The first kappa shape index (κ1) is 23.5. The lowest BCUT2D eigenvalue weighted by Crippen LogP contribution is -2.15. The van der Waals surface area contributed by atoms with Crippen LogP contribution in [0.1, 0.15) is 11.3 Å². The number of thiazole rings is 1. The van der Waals surface area contributed by atoms with Gasteiger partial charge in [0.1, 0.15) is 43.6 Å². The molecular formula is C25H15F2N5O2S2. The van der Waals surface area contributed by atoms with Gasteiger partial charge in [-0.2, -0.15) is 5.26 Å². The van der Waals surface area contributed by atoms with Crippen molar-refractivity contribution in [3.8, 4) is 27.8 Å². The van der Waals surface area contributed by atoms with Crippen LogP contribution in [0.4, 0.5) is 14.5 Å². The lowest BCUT2D eigenvalue weighted by molar-refractivity contribution is 0.555. The van der Waals surface area contributed by atoms with Crippen LogP contribution in [-0.4, -0.2) is 23.4 Å². The summed E-state index contributed by atoms with van der Waals surface area (Å²) in [4.78, 5) is 13.2. The molecule has 11 heteroatoms. The summed E-state index contributed by atoms with van der Waals surface area (Å²) in [5.41, 5.74) is 3.97. The number of hydrogen-bond donors (Lipinski definition) is 1. The number of hydrogen-bond acceptors (Lipinski definition) is 7. The zero-order valence-corrected chi connectivity index (χ0v) is 20.2. The van der Waals surface area contributed by atoms with E-state index in [1.807, 2.05) is 12.1 Å². The summed E-state index contributed by atoms with van der Waals surface area (Å²) in [7, 11) is -4.37. The SMILES string of the molecule is Cc1c(NS(=O)(=O)c2cc(F)ccc2F)cccc1-c1nc2cc(-c3ccc(C#N)nc3)cnc2s1. The first-order chi connectivity index (χ1) is 17.2. The number of nitrogens with one attached hydrogen (secondary N) is 1. The van der Waals surface area contributed by atoms with Gasteiger partial charge >= 0.3 is 0 Å². The molecule has 36 heavy (non-hydrogen) atoms. The predicted octanol–water partition coefficient (Wildman–Crippen LogP) is 5.68. The largest absolute Gasteiger partial charge is 0.279 e. The molecule has 0 radical (unpaired) electrons. The van der Waals surface area contributed by atoms with Gasteiger partial charge in [0.2, 0.25) is 0 Å². The molecule has 0 saturated heterocycles. The van der Waals surface area contributed by atoms with Crippen molar-refractivity contribution in [3.63, 3.8) is 0 Å². The second-order valence-corrected chi connectivity index (χ2v) is 10.4. The molecule has 5 aromatic rings. The number of halogens is 2. The number of pyridine rings is 2. The van der Waals surface area contributed by atoms with Gasteiger partial charge in [0.25, 0.3) is 10.0 Å². The van der Waals surface area contributed by atoms with Crippen molar-refractivity contribution >= 4 is 37.4 Å². The van der Waals surface area contributed by atoms with Gasteiger partial charge in [-0.15, -0.1) is 0 Å². The Morgan fingerprint density at radius 2 is 1.81 bits per heavy atom. The van der Waals surface area contributed by atoms with Crippen LogP contribution in [0, 0.1) is 29.9 Å². The van der Waals surface area contributed by atoms with E-state index in [1.165, 1.54) is 17.4 Å². The summed E-state index contributed by atoms with van der Waals surface area (Å²) in [6.45, 7) is 1.71. The highest BCUT2D eigenvalue weighted by molar-refractivity contribution is 7.92. The fourth-order valence-electron chi connectivity index (χ4n) is 3.59. The molecule has 7 nitrogen and oxygen atoms in total. The quantitative estimate of drug-likeness (QED) is 0.320. The van der Waals surface area contributed by atoms with Crippen LogP contribution in [0.2, 0.25) is 0 Å². The van der Waals surface area contributed by atoms with Crippen LogP contribution in [0.15, 0.2) is 71.9 Å². The van der Waals surface area contributed by atoms with E-state index in [9.17, 15) is 17.2 Å². The first-order valence-electron chi connectivity index (χ1n) is 10.5. The Bertz CT molecular complexity index is 1780. The normalized spacial score (nSPS) is 11.4. The molecule has 0 spiro atoms. The highest BCUT2D eigenvalue weighted by atomic mass is 32.2. The minimum Gasteiger partial charge on any atom is -0.279 e. The third kappa shape index (κ3) is 4.39. The summed E-state index contributed by atoms with van der Waals surface area (Å²) in [6.07, 6.45) is 3.29. The third-order valence-electron chi connectivity index (χ3n) is 5.45. The summed E-state index contributed by atoms with van der Waals surface area (Å²) in [6, 6.07) is 14.5. The van der Waals surface area contributed by atoms with Crippen molar-refractivity contribution in [3.05, 3.63) is 89.9 Å². The van der Waals surface area contributed by atoms with Gasteiger partial charge in [0.15, 0.2) is 0 Å². The van der Waals surface area contributed by atoms with Gasteiger partial charge in [-0.1, -0.05) is 23.5 Å². The van der Waals surface area contributed by atoms with Gasteiger partial charge in [0.05, 0.1) is 5.69 Å². The number of nitrogens with zero attached hydrogens (tertiary/aromatic N) is 4. The molecule has 0 aliphatic rings. The summed E-state index contributed by atoms with van der Waals surface area (Å²) >= 11 is 1.33. The van der Waals surface area contributed by atoms with Crippen molar-refractivity contribution in [2.24, 2.45) is 0 Å². The average Bonchev–Trinajstić information content (AvgIpc) is 3.30. The minimum absolute atomic E-state index is 0.215. The third-order valence-corrected chi connectivity index (χ3v) is 7.84.